The van der Waals surface area contributed by atoms with Crippen molar-refractivity contribution in [3.63, 3.8) is 0 Å². The predicted octanol–water partition coefficient (Wildman–Crippen LogP) is -0.674. The second-order valence-electron chi connectivity index (χ2n) is 0.843. The molecular formula is C2H6BFO. The molecule has 1 N–H and O–H groups in total. The summed E-state index contributed by atoms with van der Waals surface area (Å²) in [6.07, 6.45) is -1.42. The lowest BCUT2D eigenvalue weighted by molar-refractivity contribution is 0.0613. The summed E-state index contributed by atoms with van der Waals surface area (Å²) >= 11 is 0. The molecule has 0 fully saturated rings. The predicted molar refractivity (Wildman–Crippen MR) is 20.5 cm³/mol. The molecule has 0 heterocycles. The molecule has 0 amide bonds. The minimum Gasteiger partial charge on any atom is -0.365 e. The summed E-state index contributed by atoms with van der Waals surface area (Å²) in [7, 11) is 1.57. The quantitative estimate of drug-likeness (QED) is 0.410. The van der Waals surface area contributed by atoms with Crippen LogP contribution in [0.3, 0.4) is 0 Å². The topological polar surface area (TPSA) is 20.2 Å². The molecule has 0 saturated heterocycles. The minimum atomic E-state index is -1.62. The van der Waals surface area contributed by atoms with Gasteiger partial charge < -0.3 is 5.11 Å². The fraction of sp³-hybridized carbons (Fsp3) is 1.00. The van der Waals surface area contributed by atoms with Gasteiger partial charge in [0.1, 0.15) is 7.85 Å². The van der Waals surface area contributed by atoms with Crippen molar-refractivity contribution in [2.24, 2.45) is 0 Å². The highest BCUT2D eigenvalue weighted by molar-refractivity contribution is 6.08. The van der Waals surface area contributed by atoms with Gasteiger partial charge in [0.15, 0.2) is 6.36 Å². The maximum atomic E-state index is 11.0. The molecule has 0 rings (SSSR count). The summed E-state index contributed by atoms with van der Waals surface area (Å²) < 4.78 is 11.0. The fourth-order valence-corrected chi connectivity index (χ4v) is 0. The van der Waals surface area contributed by atoms with Crippen molar-refractivity contribution in [3.05, 3.63) is 0 Å². The van der Waals surface area contributed by atoms with Gasteiger partial charge in [-0.3, -0.25) is 0 Å². The molecule has 0 bridgehead atoms. The molecule has 30 valence electrons. The van der Waals surface area contributed by atoms with Crippen molar-refractivity contribution in [2.75, 3.05) is 0 Å². The van der Waals surface area contributed by atoms with Gasteiger partial charge in [0.25, 0.3) is 0 Å². The van der Waals surface area contributed by atoms with Crippen LogP contribution in [0, 0.1) is 0 Å². The zero-order valence-electron chi connectivity index (χ0n) is 3.11. The second-order valence-corrected chi connectivity index (χ2v) is 0.843. The molecule has 0 saturated carbocycles. The van der Waals surface area contributed by atoms with E-state index in [1.807, 2.05) is 0 Å². The van der Waals surface area contributed by atoms with Crippen LogP contribution in [0.2, 0.25) is 6.32 Å². The van der Waals surface area contributed by atoms with Gasteiger partial charge >= 0.3 is 0 Å². The monoisotopic (exact) mass is 76.0 g/mol. The molecular weight excluding hydrogens is 69.8 g/mol. The van der Waals surface area contributed by atoms with Crippen LogP contribution >= 0.6 is 0 Å². The number of aliphatic hydroxyl groups excluding tert-OH is 1. The molecule has 5 heavy (non-hydrogen) atoms. The van der Waals surface area contributed by atoms with Gasteiger partial charge in [-0.15, -0.1) is 0 Å². The van der Waals surface area contributed by atoms with E-state index in [9.17, 15) is 4.39 Å². The Hall–Kier alpha value is -0.0451. The first-order chi connectivity index (χ1) is 2.27. The van der Waals surface area contributed by atoms with Crippen molar-refractivity contribution in [1.29, 1.82) is 0 Å². The molecule has 0 aliphatic rings. The average molecular weight is 75.9 g/mol. The largest absolute Gasteiger partial charge is 0.365 e. The van der Waals surface area contributed by atoms with Crippen LogP contribution in [0.15, 0.2) is 0 Å². The van der Waals surface area contributed by atoms with Crippen LogP contribution in [0.1, 0.15) is 0 Å². The van der Waals surface area contributed by atoms with Gasteiger partial charge in [0.2, 0.25) is 0 Å². The third-order valence-corrected chi connectivity index (χ3v) is 0.337. The van der Waals surface area contributed by atoms with Gasteiger partial charge in [0.05, 0.1) is 0 Å². The lowest BCUT2D eigenvalue weighted by Crippen LogP contribution is -1.92. The molecule has 0 radical (unpaired) electrons. The van der Waals surface area contributed by atoms with E-state index in [2.05, 4.69) is 0 Å². The Bertz CT molecular complexity index is 23.6. The molecule has 0 aromatic carbocycles. The smallest absolute Gasteiger partial charge is 0.189 e. The van der Waals surface area contributed by atoms with Crippen molar-refractivity contribution < 1.29 is 9.50 Å². The standard InChI is InChI=1S/C2H6BFO/c3-1-2(4)5/h2,5H,1,3H2/t2-/m1/s1. The van der Waals surface area contributed by atoms with Gasteiger partial charge in [-0.1, -0.05) is 0 Å². The van der Waals surface area contributed by atoms with Crippen molar-refractivity contribution in [2.45, 2.75) is 12.7 Å². The van der Waals surface area contributed by atoms with Crippen molar-refractivity contribution in [1.82, 2.24) is 0 Å². The Balaban J connectivity index is 2.54. The van der Waals surface area contributed by atoms with E-state index in [1.165, 1.54) is 0 Å². The molecule has 0 spiro atoms. The minimum absolute atomic E-state index is 0.194. The number of hydrogen-bond acceptors (Lipinski definition) is 1. The fourth-order valence-electron chi connectivity index (χ4n) is 0. The Labute approximate surface area is 31.2 Å². The molecule has 0 aliphatic heterocycles. The van der Waals surface area contributed by atoms with Crippen molar-refractivity contribution >= 4 is 7.85 Å². The zero-order valence-corrected chi connectivity index (χ0v) is 3.11. The van der Waals surface area contributed by atoms with Gasteiger partial charge in [0, 0.05) is 0 Å². The van der Waals surface area contributed by atoms with Crippen molar-refractivity contribution in [3.8, 4) is 0 Å². The highest BCUT2D eigenvalue weighted by atomic mass is 19.1. The summed E-state index contributed by atoms with van der Waals surface area (Å²) in [5.74, 6) is 0. The van der Waals surface area contributed by atoms with E-state index in [0.29, 0.717) is 0 Å². The first kappa shape index (κ1) is 4.95. The Morgan fingerprint density at radius 1 is 2.00 bits per heavy atom. The average Bonchev–Trinajstić information content (AvgIpc) is 1.38. The maximum Gasteiger partial charge on any atom is 0.189 e. The van der Waals surface area contributed by atoms with Gasteiger partial charge in [-0.25, -0.2) is 4.39 Å². The molecule has 0 aromatic heterocycles. The number of halogens is 1. The Morgan fingerprint density at radius 2 is 2.20 bits per heavy atom. The van der Waals surface area contributed by atoms with Crippen LogP contribution in [-0.2, 0) is 0 Å². The lowest BCUT2D eigenvalue weighted by atomic mass is 10.1. The molecule has 0 unspecified atom stereocenters. The number of hydrogen-bond donors (Lipinski definition) is 1. The summed E-state index contributed by atoms with van der Waals surface area (Å²) in [5.41, 5.74) is 0. The van der Waals surface area contributed by atoms with Crippen LogP contribution in [0.4, 0.5) is 4.39 Å². The van der Waals surface area contributed by atoms with E-state index >= 15 is 0 Å². The summed E-state index contributed by atoms with van der Waals surface area (Å²) in [6.45, 7) is 0. The molecule has 3 heteroatoms. The first-order valence-corrected chi connectivity index (χ1v) is 1.59. The number of rotatable bonds is 1. The number of alkyl halides is 1. The van der Waals surface area contributed by atoms with E-state index in [0.717, 1.165) is 0 Å². The van der Waals surface area contributed by atoms with E-state index in [1.54, 1.807) is 7.85 Å². The Kier molecular flexibility index (Phi) is 2.19. The molecule has 0 aliphatic carbocycles. The number of aliphatic hydroxyl groups is 1. The maximum absolute atomic E-state index is 11.0. The van der Waals surface area contributed by atoms with E-state index in [-0.39, 0.29) is 6.32 Å². The summed E-state index contributed by atoms with van der Waals surface area (Å²) in [5, 5.41) is 7.69. The molecule has 0 aromatic rings. The molecule has 1 nitrogen and oxygen atoms in total. The Morgan fingerprint density at radius 3 is 2.20 bits per heavy atom. The van der Waals surface area contributed by atoms with Crippen LogP contribution < -0.4 is 0 Å². The lowest BCUT2D eigenvalue weighted by Gasteiger charge is -1.85. The van der Waals surface area contributed by atoms with Crippen LogP contribution in [-0.4, -0.2) is 19.3 Å². The first-order valence-electron chi connectivity index (χ1n) is 1.59. The van der Waals surface area contributed by atoms with Gasteiger partial charge in [-0.2, -0.15) is 0 Å². The second kappa shape index (κ2) is 2.21. The third-order valence-electron chi connectivity index (χ3n) is 0.337. The zero-order chi connectivity index (χ0) is 4.28. The van der Waals surface area contributed by atoms with Crippen LogP contribution in [0.5, 0.6) is 0 Å². The van der Waals surface area contributed by atoms with Crippen LogP contribution in [0.25, 0.3) is 0 Å². The van der Waals surface area contributed by atoms with E-state index in [4.69, 9.17) is 5.11 Å². The highest BCUT2D eigenvalue weighted by Gasteiger charge is 1.87. The summed E-state index contributed by atoms with van der Waals surface area (Å²) in [4.78, 5) is 0. The SMILES string of the molecule is BC[C@@H](O)F. The third kappa shape index (κ3) is 3.95. The highest BCUT2D eigenvalue weighted by Crippen LogP contribution is 1.83. The normalized spacial score (nSPS) is 14.8. The summed E-state index contributed by atoms with van der Waals surface area (Å²) in [6, 6.07) is 0. The van der Waals surface area contributed by atoms with E-state index < -0.39 is 6.36 Å². The van der Waals surface area contributed by atoms with Gasteiger partial charge in [-0.05, 0) is 6.32 Å². The molecule has 1 atom stereocenters.